The minimum Gasteiger partial charge on any atom is -0.444 e. The van der Waals surface area contributed by atoms with Crippen molar-refractivity contribution in [2.45, 2.75) is 65.6 Å². The van der Waals surface area contributed by atoms with Gasteiger partial charge >= 0.3 is 12.2 Å². The van der Waals surface area contributed by atoms with Crippen LogP contribution in [0, 0.1) is 27.7 Å². The van der Waals surface area contributed by atoms with Crippen molar-refractivity contribution in [3.05, 3.63) is 201 Å². The van der Waals surface area contributed by atoms with Crippen molar-refractivity contribution in [3.63, 3.8) is 0 Å². The molecule has 6 aromatic carbocycles. The summed E-state index contributed by atoms with van der Waals surface area (Å²) in [7, 11) is 0. The summed E-state index contributed by atoms with van der Waals surface area (Å²) in [6, 6.07) is 46.7. The average molecular weight is 909 g/mol. The van der Waals surface area contributed by atoms with E-state index in [1.165, 1.54) is 16.7 Å². The quantitative estimate of drug-likeness (QED) is 0.0431. The Bertz CT molecular complexity index is 2450. The second-order valence-corrected chi connectivity index (χ2v) is 17.1. The summed E-state index contributed by atoms with van der Waals surface area (Å²) < 4.78 is 10.6. The number of carbonyl (C=O) groups excluding carboxylic acids is 2. The van der Waals surface area contributed by atoms with E-state index in [1.807, 2.05) is 164 Å². The zero-order chi connectivity index (χ0) is 47.0. The van der Waals surface area contributed by atoms with Gasteiger partial charge in [0.15, 0.2) is 0 Å². The van der Waals surface area contributed by atoms with Crippen LogP contribution in [0.5, 0.6) is 0 Å². The highest BCUT2D eigenvalue weighted by atomic mass is 17.2. The first-order chi connectivity index (χ1) is 32.5. The van der Waals surface area contributed by atoms with Crippen LogP contribution in [0.25, 0.3) is 0 Å². The molecule has 0 radical (unpaired) electrons. The highest BCUT2D eigenvalue weighted by molar-refractivity contribution is 5.85. The Labute approximate surface area is 393 Å². The van der Waals surface area contributed by atoms with Crippen molar-refractivity contribution in [3.8, 4) is 0 Å². The van der Waals surface area contributed by atoms with E-state index >= 15 is 0 Å². The zero-order valence-corrected chi connectivity index (χ0v) is 38.6. The molecule has 2 aliphatic rings. The number of β-amino-alcohol motifs (C(OH)–C–C–N with tert-alkyl or cyclic N) is 1. The number of aryl methyl sites for hydroxylation is 4. The molecule has 67 heavy (non-hydrogen) atoms. The molecule has 2 heterocycles. The molecule has 2 saturated heterocycles. The second kappa shape index (κ2) is 23.9. The molecule has 0 bridgehead atoms. The average Bonchev–Trinajstić information content (AvgIpc) is 3.29. The van der Waals surface area contributed by atoms with Crippen molar-refractivity contribution < 1.29 is 43.7 Å². The molecule has 8 rings (SSSR count). The molecule has 0 atom stereocenters. The van der Waals surface area contributed by atoms with E-state index in [0.717, 1.165) is 57.7 Å². The molecule has 2 amide bonds. The molecule has 0 aliphatic carbocycles. The van der Waals surface area contributed by atoms with Crippen LogP contribution in [0.4, 0.5) is 21.0 Å². The summed E-state index contributed by atoms with van der Waals surface area (Å²) in [5.41, 5.74) is 10.8. The number of aliphatic hydroxyl groups is 1. The fourth-order valence-electron chi connectivity index (χ4n) is 8.61. The Morgan fingerprint density at radius 2 is 0.881 bits per heavy atom. The van der Waals surface area contributed by atoms with Gasteiger partial charge in [0.1, 0.15) is 45.5 Å². The number of nitrogens with one attached hydrogen (secondary N) is 2. The number of likely N-dealkylation sites (tertiary alicyclic amines) is 2. The van der Waals surface area contributed by atoms with Gasteiger partial charge < -0.3 is 14.6 Å². The van der Waals surface area contributed by atoms with Gasteiger partial charge in [-0.3, -0.25) is 20.4 Å². The maximum atomic E-state index is 12.2. The minimum atomic E-state index is -0.969. The predicted molar refractivity (Wildman–Crippen MR) is 256 cm³/mol. The first-order valence-electron chi connectivity index (χ1n) is 22.4. The fourth-order valence-corrected chi connectivity index (χ4v) is 8.61. The molecule has 6 aromatic rings. The van der Waals surface area contributed by atoms with Gasteiger partial charge in [-0.15, -0.1) is 0 Å². The van der Waals surface area contributed by atoms with Crippen LogP contribution in [0.3, 0.4) is 0 Å². The summed E-state index contributed by atoms with van der Waals surface area (Å²) in [6.07, 6.45) is -0.968. The first kappa shape index (κ1) is 48.5. The molecule has 3 N–H and O–H groups in total. The second-order valence-electron chi connectivity index (χ2n) is 17.1. The first-order valence-corrected chi connectivity index (χ1v) is 22.4. The number of anilines is 2. The van der Waals surface area contributed by atoms with Gasteiger partial charge in [0, 0.05) is 43.5 Å². The van der Waals surface area contributed by atoms with Gasteiger partial charge in [0.05, 0.1) is 0 Å². The van der Waals surface area contributed by atoms with E-state index in [1.54, 1.807) is 0 Å². The van der Waals surface area contributed by atoms with Crippen LogP contribution >= 0.6 is 0 Å². The molecule has 2 aliphatic heterocycles. The predicted octanol–water partition coefficient (Wildman–Crippen LogP) is 10.2. The number of benzene rings is 6. The summed E-state index contributed by atoms with van der Waals surface area (Å²) >= 11 is 0. The van der Waals surface area contributed by atoms with Crippen molar-refractivity contribution in [2.24, 2.45) is 0 Å². The molecular formula is C54H60N4O9. The zero-order valence-electron chi connectivity index (χ0n) is 38.6. The molecule has 350 valence electrons. The summed E-state index contributed by atoms with van der Waals surface area (Å²) in [6.45, 7) is 12.8. The Morgan fingerprint density at radius 1 is 0.522 bits per heavy atom. The molecule has 13 nitrogen and oxygen atoms in total. The van der Waals surface area contributed by atoms with Crippen molar-refractivity contribution in [1.82, 2.24) is 9.80 Å². The lowest BCUT2D eigenvalue weighted by Crippen LogP contribution is -2.60. The molecular weight excluding hydrogens is 849 g/mol. The Morgan fingerprint density at radius 3 is 1.28 bits per heavy atom. The molecule has 2 fully saturated rings. The monoisotopic (exact) mass is 908 g/mol. The normalized spacial score (nSPS) is 14.5. The third-order valence-electron chi connectivity index (χ3n) is 11.6. The maximum absolute atomic E-state index is 12.2. The minimum absolute atomic E-state index is 0.204. The van der Waals surface area contributed by atoms with Crippen LogP contribution in [-0.4, -0.2) is 66.7 Å². The van der Waals surface area contributed by atoms with E-state index in [9.17, 15) is 14.7 Å². The topological polar surface area (TPSA) is 140 Å². The third kappa shape index (κ3) is 14.3. The van der Waals surface area contributed by atoms with E-state index in [-0.39, 0.29) is 19.9 Å². The van der Waals surface area contributed by atoms with E-state index in [4.69, 9.17) is 29.0 Å². The van der Waals surface area contributed by atoms with E-state index in [2.05, 4.69) is 29.4 Å². The van der Waals surface area contributed by atoms with E-state index in [0.29, 0.717) is 44.6 Å². The maximum Gasteiger partial charge on any atom is 0.411 e. The summed E-state index contributed by atoms with van der Waals surface area (Å²) in [4.78, 5) is 49.8. The Balaban J connectivity index is 0.000000199. The third-order valence-corrected chi connectivity index (χ3v) is 11.6. The van der Waals surface area contributed by atoms with Crippen LogP contribution in [-0.2, 0) is 61.1 Å². The number of amides is 2. The van der Waals surface area contributed by atoms with E-state index < -0.39 is 17.8 Å². The van der Waals surface area contributed by atoms with Crippen molar-refractivity contribution in [1.29, 1.82) is 0 Å². The lowest BCUT2D eigenvalue weighted by atomic mass is 9.81. The van der Waals surface area contributed by atoms with Gasteiger partial charge in [0.25, 0.3) is 0 Å². The standard InChI is InChI=1S/C27H30N2O5.C27H30N2O4/c1-20-13-24(28-26(30)32-15-22-9-5-3-6-10-22)14-21(2)25(20)27(31)17-29(18-27)19-34-33-16-23-11-7-4-8-12-23;1-20-13-25(28-27(30)31-17-22-9-5-3-6-10-22)14-21(2)26(20)24-15-29(16-24)19-33-32-18-23-11-7-4-8-12-23/h3-14,31H,15-19H2,1-2H3,(H,28,30);3-14,24H,15-19H2,1-2H3,(H,28,30). The number of ether oxygens (including phenoxy) is 2. The Hall–Kier alpha value is -6.42. The van der Waals surface area contributed by atoms with Gasteiger partial charge in [0.2, 0.25) is 0 Å². The van der Waals surface area contributed by atoms with Crippen LogP contribution < -0.4 is 10.6 Å². The lowest BCUT2D eigenvalue weighted by Gasteiger charge is -2.47. The Kier molecular flexibility index (Phi) is 17.3. The molecule has 13 heteroatoms. The summed E-state index contributed by atoms with van der Waals surface area (Å²) in [5, 5.41) is 16.8. The highest BCUT2D eigenvalue weighted by Gasteiger charge is 2.44. The van der Waals surface area contributed by atoms with Crippen LogP contribution in [0.2, 0.25) is 0 Å². The SMILES string of the molecule is Cc1cc(NC(=O)OCc2ccccc2)cc(C)c1C1(O)CN(COOCc2ccccc2)C1.Cc1cc(NC(=O)OCc2ccccc2)cc(C)c1C1CN(COOCc2ccccc2)C1. The van der Waals surface area contributed by atoms with Crippen molar-refractivity contribution in [2.75, 3.05) is 50.3 Å². The van der Waals surface area contributed by atoms with Crippen LogP contribution in [0.15, 0.2) is 146 Å². The fraction of sp³-hybridized carbons (Fsp3) is 0.296. The van der Waals surface area contributed by atoms with Crippen LogP contribution in [0.1, 0.15) is 61.6 Å². The highest BCUT2D eigenvalue weighted by Crippen LogP contribution is 2.37. The van der Waals surface area contributed by atoms with Gasteiger partial charge in [-0.2, -0.15) is 0 Å². The molecule has 0 aromatic heterocycles. The largest absolute Gasteiger partial charge is 0.444 e. The van der Waals surface area contributed by atoms with Gasteiger partial charge in [-0.05, 0) is 108 Å². The number of carbonyl (C=O) groups is 2. The number of hydrogen-bond donors (Lipinski definition) is 3. The lowest BCUT2D eigenvalue weighted by molar-refractivity contribution is -0.337. The number of nitrogens with zero attached hydrogens (tertiary/aromatic N) is 2. The smallest absolute Gasteiger partial charge is 0.411 e. The number of rotatable bonds is 18. The molecule has 0 unspecified atom stereocenters. The van der Waals surface area contributed by atoms with Crippen molar-refractivity contribution >= 4 is 23.6 Å². The molecule has 0 spiro atoms. The number of hydrogen-bond acceptors (Lipinski definition) is 11. The van der Waals surface area contributed by atoms with Gasteiger partial charge in [-0.1, -0.05) is 121 Å². The molecule has 0 saturated carbocycles. The van der Waals surface area contributed by atoms with Gasteiger partial charge in [-0.25, -0.2) is 29.1 Å². The summed E-state index contributed by atoms with van der Waals surface area (Å²) in [5.74, 6) is 0.446.